The Hall–Kier alpha value is -4.79. The Morgan fingerprint density at radius 1 is 0.585 bits per heavy atom. The Morgan fingerprint density at radius 2 is 1.21 bits per heavy atom. The molecule has 0 amide bonds. The van der Waals surface area contributed by atoms with Crippen molar-refractivity contribution in [2.45, 2.75) is 78.6 Å². The average Bonchev–Trinajstić information content (AvgIpc) is 3.49. The molecule has 5 heteroatoms. The van der Waals surface area contributed by atoms with Crippen molar-refractivity contribution in [3.63, 3.8) is 0 Å². The molecule has 0 saturated heterocycles. The molecule has 0 fully saturated rings. The van der Waals surface area contributed by atoms with Gasteiger partial charge in [-0.15, -0.1) is 23.8 Å². The molecule has 53 heavy (non-hydrogen) atoms. The molecule has 2 aromatic heterocycles. The van der Waals surface area contributed by atoms with Gasteiger partial charge in [0.15, 0.2) is 0 Å². The first-order chi connectivity index (χ1) is 24.6. The summed E-state index contributed by atoms with van der Waals surface area (Å²) >= 11 is 0. The maximum atomic E-state index is 11.4. The number of pyridine rings is 1. The largest absolute Gasteiger partial charge is 0.507 e. The second-order valence-corrected chi connectivity index (χ2v) is 16.9. The topological polar surface area (TPSA) is 50.9 Å². The molecule has 0 unspecified atom stereocenters. The van der Waals surface area contributed by atoms with Crippen LogP contribution in [0.4, 0.5) is 0 Å². The molecule has 7 rings (SSSR count). The summed E-state index contributed by atoms with van der Waals surface area (Å²) in [6.07, 6.45) is 1.83. The van der Waals surface area contributed by atoms with E-state index in [2.05, 4.69) is 140 Å². The molecule has 0 aliphatic rings. The van der Waals surface area contributed by atoms with Crippen LogP contribution in [0.1, 0.15) is 79.0 Å². The van der Waals surface area contributed by atoms with Crippen LogP contribution < -0.4 is 0 Å². The van der Waals surface area contributed by atoms with Crippen molar-refractivity contribution in [2.75, 3.05) is 0 Å². The predicted octanol–water partition coefficient (Wildman–Crippen LogP) is 12.5. The third kappa shape index (κ3) is 7.40. The van der Waals surface area contributed by atoms with E-state index >= 15 is 0 Å². The van der Waals surface area contributed by atoms with Crippen LogP contribution in [-0.2, 0) is 37.3 Å². The molecule has 0 saturated carbocycles. The molecule has 0 radical (unpaired) electrons. The first kappa shape index (κ1) is 37.9. The number of nitrogens with zero attached hydrogens (tertiary/aromatic N) is 3. The average molecular weight is 878 g/mol. The molecule has 272 valence electrons. The molecule has 4 nitrogen and oxygen atoms in total. The summed E-state index contributed by atoms with van der Waals surface area (Å²) in [5.74, 6) is 0.893. The molecule has 0 aliphatic heterocycles. The fourth-order valence-electron chi connectivity index (χ4n) is 7.05. The van der Waals surface area contributed by atoms with Crippen LogP contribution in [-0.4, -0.2) is 19.6 Å². The van der Waals surface area contributed by atoms with Crippen LogP contribution in [0.3, 0.4) is 0 Å². The van der Waals surface area contributed by atoms with Crippen LogP contribution in [0.5, 0.6) is 5.75 Å². The Bertz CT molecular complexity index is 2320. The zero-order valence-corrected chi connectivity index (χ0v) is 34.4. The minimum atomic E-state index is -0.178. The van der Waals surface area contributed by atoms with Gasteiger partial charge in [0, 0.05) is 33.0 Å². The maximum absolute atomic E-state index is 11.4. The second-order valence-electron chi connectivity index (χ2n) is 16.9. The summed E-state index contributed by atoms with van der Waals surface area (Å²) < 4.78 is 2.32. The van der Waals surface area contributed by atoms with E-state index in [1.165, 1.54) is 16.7 Å². The van der Waals surface area contributed by atoms with Crippen molar-refractivity contribution in [3.05, 3.63) is 144 Å². The van der Waals surface area contributed by atoms with Gasteiger partial charge in [-0.05, 0) is 62.8 Å². The molecule has 5 aromatic carbocycles. The molecular formula is C48H48N3OPt-. The fraction of sp³-hybridized carbons (Fsp3) is 0.250. The number of aromatic nitrogens is 3. The zero-order chi connectivity index (χ0) is 37.0. The van der Waals surface area contributed by atoms with E-state index in [9.17, 15) is 5.11 Å². The number of benzene rings is 5. The van der Waals surface area contributed by atoms with Gasteiger partial charge in [-0.1, -0.05) is 158 Å². The molecule has 0 aliphatic carbocycles. The number of hydrogen-bond donors (Lipinski definition) is 1. The van der Waals surface area contributed by atoms with Gasteiger partial charge in [-0.2, -0.15) is 0 Å². The monoisotopic (exact) mass is 877 g/mol. The first-order valence-corrected chi connectivity index (χ1v) is 18.2. The molecular weight excluding hydrogens is 830 g/mol. The minimum absolute atomic E-state index is 0. The van der Waals surface area contributed by atoms with Gasteiger partial charge < -0.3 is 5.11 Å². The number of phenolic OH excluding ortho intramolecular Hbond substituents is 1. The van der Waals surface area contributed by atoms with Crippen molar-refractivity contribution >= 4 is 11.0 Å². The molecule has 7 aromatic rings. The number of imidazole rings is 1. The normalized spacial score (nSPS) is 12.2. The van der Waals surface area contributed by atoms with Gasteiger partial charge in [0.1, 0.15) is 11.6 Å². The summed E-state index contributed by atoms with van der Waals surface area (Å²) in [5, 5.41) is 11.4. The summed E-state index contributed by atoms with van der Waals surface area (Å²) in [7, 11) is 0. The number of hydrogen-bond acceptors (Lipinski definition) is 3. The Labute approximate surface area is 329 Å². The van der Waals surface area contributed by atoms with Crippen LogP contribution in [0, 0.1) is 6.07 Å². The summed E-state index contributed by atoms with van der Waals surface area (Å²) in [6, 6.07) is 43.5. The van der Waals surface area contributed by atoms with Gasteiger partial charge in [0.25, 0.3) is 0 Å². The van der Waals surface area contributed by atoms with Crippen LogP contribution in [0.25, 0.3) is 61.6 Å². The van der Waals surface area contributed by atoms with Gasteiger partial charge in [-0.25, -0.2) is 4.98 Å². The summed E-state index contributed by atoms with van der Waals surface area (Å²) in [5.41, 5.74) is 12.6. The summed E-state index contributed by atoms with van der Waals surface area (Å²) in [4.78, 5) is 10.3. The Morgan fingerprint density at radius 3 is 1.81 bits per heavy atom. The van der Waals surface area contributed by atoms with Crippen LogP contribution >= 0.6 is 0 Å². The molecule has 0 atom stereocenters. The smallest absolute Gasteiger partial charge is 0.148 e. The predicted molar refractivity (Wildman–Crippen MR) is 217 cm³/mol. The van der Waals surface area contributed by atoms with Gasteiger partial charge in [-0.3, -0.25) is 9.55 Å². The number of fused-ring (bicyclic) bond motifs is 1. The number of aromatic hydroxyl groups is 1. The van der Waals surface area contributed by atoms with Crippen LogP contribution in [0.2, 0.25) is 0 Å². The van der Waals surface area contributed by atoms with Crippen LogP contribution in [0.15, 0.2) is 121 Å². The van der Waals surface area contributed by atoms with Gasteiger partial charge in [0.05, 0.1) is 22.3 Å². The van der Waals surface area contributed by atoms with Gasteiger partial charge in [0.2, 0.25) is 0 Å². The number of phenols is 1. The van der Waals surface area contributed by atoms with E-state index in [0.29, 0.717) is 11.4 Å². The minimum Gasteiger partial charge on any atom is -0.507 e. The van der Waals surface area contributed by atoms with Crippen molar-refractivity contribution in [1.29, 1.82) is 0 Å². The molecule has 2 heterocycles. The van der Waals surface area contributed by atoms with E-state index in [1.54, 1.807) is 6.07 Å². The van der Waals surface area contributed by atoms with E-state index in [4.69, 9.17) is 9.97 Å². The summed E-state index contributed by atoms with van der Waals surface area (Å²) in [6.45, 7) is 20.4. The Kier molecular flexibility index (Phi) is 10.2. The first-order valence-electron chi connectivity index (χ1n) is 18.2. The second kappa shape index (κ2) is 14.2. The van der Waals surface area contributed by atoms with Gasteiger partial charge >= 0.3 is 0 Å². The van der Waals surface area contributed by atoms with Crippen molar-refractivity contribution < 1.29 is 26.2 Å². The molecule has 0 bridgehead atoms. The maximum Gasteiger partial charge on any atom is 0.148 e. The molecule has 1 N–H and O–H groups in total. The Balaban J connectivity index is 0.00000481. The SMILES string of the molecule is CC(C)(C)c1cc(-c2[c-]c(-c3ccccn3)cc(-c3ccccc3)c2)c2nc(-c3ccccc3O)n(-c3c(C(C)(C)C)cccc3C(C)(C)C)c2c1.[Pt]. The number of para-hydroxylation sites is 2. The number of rotatable bonds is 5. The molecule has 0 spiro atoms. The third-order valence-corrected chi connectivity index (χ3v) is 9.85. The van der Waals surface area contributed by atoms with E-state index in [1.807, 2.05) is 48.7 Å². The standard InChI is InChI=1S/C48H48N3O.Pt/c1-46(2,3)35-29-37(33-26-32(31-18-11-10-12-19-31)27-34(28-33)40-23-15-16-25-49-40)43-41(30-35)51(45(50-43)36-20-13-14-24-42(36)52)44-38(47(4,5)6)21-17-22-39(44)48(7,8)9;/h10-27,29-30,52H,1-9H3;/q-1;. The zero-order valence-electron chi connectivity index (χ0n) is 32.2. The van der Waals surface area contributed by atoms with E-state index in [-0.39, 0.29) is 43.1 Å². The van der Waals surface area contributed by atoms with Crippen molar-refractivity contribution in [1.82, 2.24) is 14.5 Å². The van der Waals surface area contributed by atoms with E-state index < -0.39 is 0 Å². The van der Waals surface area contributed by atoms with Crippen molar-refractivity contribution in [2.24, 2.45) is 0 Å². The third-order valence-electron chi connectivity index (χ3n) is 9.85. The van der Waals surface area contributed by atoms with Crippen molar-refractivity contribution in [3.8, 4) is 56.3 Å². The van der Waals surface area contributed by atoms with E-state index in [0.717, 1.165) is 50.2 Å². The quantitative estimate of drug-likeness (QED) is 0.175. The fourth-order valence-corrected chi connectivity index (χ4v) is 7.05.